The van der Waals surface area contributed by atoms with E-state index in [-0.39, 0.29) is 12.1 Å². The number of ether oxygens (including phenoxy) is 1. The molecule has 0 aromatic heterocycles. The van der Waals surface area contributed by atoms with E-state index in [1.165, 1.54) is 11.0 Å². The van der Waals surface area contributed by atoms with Crippen molar-refractivity contribution >= 4 is 35.1 Å². The van der Waals surface area contributed by atoms with Gasteiger partial charge in [0.15, 0.2) is 0 Å². The number of cyclic esters (lactones) is 1. The average Bonchev–Trinajstić information content (AvgIpc) is 2.88. The van der Waals surface area contributed by atoms with Crippen LogP contribution in [0, 0.1) is 0 Å². The van der Waals surface area contributed by atoms with Crippen molar-refractivity contribution in [1.82, 2.24) is 5.32 Å². The fraction of sp³-hybridized carbons (Fsp3) is 0.250. The average molecular weight is 281 g/mol. The SMILES string of the molecule is O=C1NCC(CN2C(=O)C(=O)c3cc(Cl)ccc32)O1. The van der Waals surface area contributed by atoms with Crippen molar-refractivity contribution in [1.29, 1.82) is 0 Å². The number of halogens is 1. The van der Waals surface area contributed by atoms with Crippen molar-refractivity contribution in [2.45, 2.75) is 6.10 Å². The second kappa shape index (κ2) is 4.24. The van der Waals surface area contributed by atoms with Gasteiger partial charge in [-0.2, -0.15) is 0 Å². The topological polar surface area (TPSA) is 75.7 Å². The molecule has 2 amide bonds. The molecule has 19 heavy (non-hydrogen) atoms. The smallest absolute Gasteiger partial charge is 0.407 e. The first-order valence-corrected chi connectivity index (χ1v) is 6.04. The third kappa shape index (κ3) is 1.94. The number of alkyl carbamates (subject to hydrolysis) is 1. The van der Waals surface area contributed by atoms with Gasteiger partial charge in [-0.15, -0.1) is 0 Å². The maximum atomic E-state index is 11.9. The Morgan fingerprint density at radius 3 is 2.84 bits per heavy atom. The predicted octanol–water partition coefficient (Wildman–Crippen LogP) is 0.978. The van der Waals surface area contributed by atoms with Gasteiger partial charge in [-0.3, -0.25) is 9.59 Å². The zero-order valence-electron chi connectivity index (χ0n) is 9.68. The second-order valence-electron chi connectivity index (χ2n) is 4.31. The van der Waals surface area contributed by atoms with Gasteiger partial charge in [0, 0.05) is 5.02 Å². The van der Waals surface area contributed by atoms with E-state index in [1.807, 2.05) is 0 Å². The number of nitrogens with one attached hydrogen (secondary N) is 1. The second-order valence-corrected chi connectivity index (χ2v) is 4.75. The molecule has 0 saturated carbocycles. The number of Topliss-reactive ketones (excluding diaryl/α,β-unsaturated/α-hetero) is 1. The lowest BCUT2D eigenvalue weighted by Gasteiger charge is -2.19. The van der Waals surface area contributed by atoms with Crippen LogP contribution in [0.4, 0.5) is 10.5 Å². The van der Waals surface area contributed by atoms with Gasteiger partial charge < -0.3 is 15.0 Å². The highest BCUT2D eigenvalue weighted by Gasteiger charge is 2.38. The first-order valence-electron chi connectivity index (χ1n) is 5.66. The number of carbonyl (C=O) groups is 3. The van der Waals surface area contributed by atoms with Crippen LogP contribution in [0.5, 0.6) is 0 Å². The Hall–Kier alpha value is -2.08. The minimum absolute atomic E-state index is 0.151. The van der Waals surface area contributed by atoms with E-state index < -0.39 is 23.9 Å². The molecule has 1 fully saturated rings. The summed E-state index contributed by atoms with van der Waals surface area (Å²) in [7, 11) is 0. The van der Waals surface area contributed by atoms with Gasteiger partial charge in [-0.25, -0.2) is 4.79 Å². The van der Waals surface area contributed by atoms with Crippen molar-refractivity contribution in [2.24, 2.45) is 0 Å². The van der Waals surface area contributed by atoms with E-state index in [1.54, 1.807) is 12.1 Å². The number of amides is 2. The summed E-state index contributed by atoms with van der Waals surface area (Å²) in [6, 6.07) is 4.69. The number of rotatable bonds is 2. The molecule has 3 rings (SSSR count). The highest BCUT2D eigenvalue weighted by molar-refractivity contribution is 6.52. The molecule has 0 spiro atoms. The van der Waals surface area contributed by atoms with E-state index in [9.17, 15) is 14.4 Å². The third-order valence-corrected chi connectivity index (χ3v) is 3.30. The van der Waals surface area contributed by atoms with Crippen LogP contribution < -0.4 is 10.2 Å². The number of fused-ring (bicyclic) bond motifs is 1. The van der Waals surface area contributed by atoms with E-state index in [0.717, 1.165) is 0 Å². The summed E-state index contributed by atoms with van der Waals surface area (Å²) in [4.78, 5) is 36.0. The molecule has 2 aliphatic heterocycles. The number of benzene rings is 1. The minimum atomic E-state index is -0.625. The first kappa shape index (κ1) is 12.0. The van der Waals surface area contributed by atoms with Crippen LogP contribution in [0.25, 0.3) is 0 Å². The number of hydrogen-bond donors (Lipinski definition) is 1. The third-order valence-electron chi connectivity index (χ3n) is 3.07. The summed E-state index contributed by atoms with van der Waals surface area (Å²) in [5, 5.41) is 2.90. The normalized spacial score (nSPS) is 21.4. The molecular weight excluding hydrogens is 272 g/mol. The van der Waals surface area contributed by atoms with E-state index >= 15 is 0 Å². The summed E-state index contributed by atoms with van der Waals surface area (Å²) >= 11 is 5.81. The van der Waals surface area contributed by atoms with E-state index in [4.69, 9.17) is 16.3 Å². The van der Waals surface area contributed by atoms with Gasteiger partial charge in [-0.1, -0.05) is 11.6 Å². The summed E-state index contributed by atoms with van der Waals surface area (Å²) in [6.07, 6.45) is -0.967. The maximum Gasteiger partial charge on any atom is 0.407 e. The van der Waals surface area contributed by atoms with Crippen LogP contribution in [-0.2, 0) is 9.53 Å². The molecule has 2 aliphatic rings. The first-order chi connectivity index (χ1) is 9.06. The highest BCUT2D eigenvalue weighted by atomic mass is 35.5. The van der Waals surface area contributed by atoms with Crippen molar-refractivity contribution in [3.05, 3.63) is 28.8 Å². The Morgan fingerprint density at radius 2 is 2.16 bits per heavy atom. The minimum Gasteiger partial charge on any atom is -0.442 e. The lowest BCUT2D eigenvalue weighted by Crippen LogP contribution is -2.38. The molecule has 0 bridgehead atoms. The van der Waals surface area contributed by atoms with E-state index in [0.29, 0.717) is 17.3 Å². The summed E-state index contributed by atoms with van der Waals surface area (Å²) in [5.41, 5.74) is 0.789. The van der Waals surface area contributed by atoms with Crippen molar-refractivity contribution in [2.75, 3.05) is 18.0 Å². The summed E-state index contributed by atoms with van der Waals surface area (Å²) < 4.78 is 4.96. The molecular formula is C12H9ClN2O4. The van der Waals surface area contributed by atoms with Gasteiger partial charge in [0.1, 0.15) is 6.10 Å². The molecule has 0 aliphatic carbocycles. The van der Waals surface area contributed by atoms with Gasteiger partial charge in [0.05, 0.1) is 24.3 Å². The van der Waals surface area contributed by atoms with Crippen LogP contribution in [-0.4, -0.2) is 37.0 Å². The van der Waals surface area contributed by atoms with Crippen LogP contribution in [0.15, 0.2) is 18.2 Å². The highest BCUT2D eigenvalue weighted by Crippen LogP contribution is 2.31. The van der Waals surface area contributed by atoms with Crippen LogP contribution in [0.1, 0.15) is 10.4 Å². The monoisotopic (exact) mass is 280 g/mol. The number of carbonyl (C=O) groups excluding carboxylic acids is 3. The van der Waals surface area contributed by atoms with Crippen molar-refractivity contribution in [3.63, 3.8) is 0 Å². The Kier molecular flexibility index (Phi) is 2.67. The zero-order valence-corrected chi connectivity index (χ0v) is 10.4. The molecule has 7 heteroatoms. The molecule has 6 nitrogen and oxygen atoms in total. The Labute approximate surface area is 113 Å². The number of ketones is 1. The Morgan fingerprint density at radius 1 is 1.37 bits per heavy atom. The molecule has 1 unspecified atom stereocenters. The fourth-order valence-corrected chi connectivity index (χ4v) is 2.36. The lowest BCUT2D eigenvalue weighted by atomic mass is 10.1. The van der Waals surface area contributed by atoms with Gasteiger partial charge in [0.25, 0.3) is 11.7 Å². The molecule has 1 atom stereocenters. The Balaban J connectivity index is 1.89. The van der Waals surface area contributed by atoms with Crippen LogP contribution in [0.2, 0.25) is 5.02 Å². The molecule has 1 aromatic carbocycles. The molecule has 2 heterocycles. The maximum absolute atomic E-state index is 11.9. The Bertz CT molecular complexity index is 601. The molecule has 1 N–H and O–H groups in total. The van der Waals surface area contributed by atoms with Crippen molar-refractivity contribution < 1.29 is 19.1 Å². The number of nitrogens with zero attached hydrogens (tertiary/aromatic N) is 1. The van der Waals surface area contributed by atoms with Gasteiger partial charge in [0.2, 0.25) is 0 Å². The fourth-order valence-electron chi connectivity index (χ4n) is 2.19. The zero-order chi connectivity index (χ0) is 13.6. The van der Waals surface area contributed by atoms with Crippen LogP contribution >= 0.6 is 11.6 Å². The quantitative estimate of drug-likeness (QED) is 0.819. The van der Waals surface area contributed by atoms with Crippen LogP contribution in [0.3, 0.4) is 0 Å². The van der Waals surface area contributed by atoms with E-state index in [2.05, 4.69) is 5.32 Å². The summed E-state index contributed by atoms with van der Waals surface area (Å²) in [5.74, 6) is -1.21. The van der Waals surface area contributed by atoms with Crippen molar-refractivity contribution in [3.8, 4) is 0 Å². The standard InChI is InChI=1S/C12H9ClN2O4/c13-6-1-2-9-8(3-6)10(16)11(17)15(9)5-7-4-14-12(18)19-7/h1-3,7H,4-5H2,(H,14,18). The van der Waals surface area contributed by atoms with Gasteiger partial charge in [-0.05, 0) is 18.2 Å². The largest absolute Gasteiger partial charge is 0.442 e. The summed E-state index contributed by atoms with van der Waals surface area (Å²) in [6.45, 7) is 0.470. The predicted molar refractivity (Wildman–Crippen MR) is 66.4 cm³/mol. The molecule has 0 radical (unpaired) electrons. The van der Waals surface area contributed by atoms with Gasteiger partial charge >= 0.3 is 6.09 Å². The lowest BCUT2D eigenvalue weighted by molar-refractivity contribution is -0.114. The molecule has 1 saturated heterocycles. The molecule has 98 valence electrons. The number of anilines is 1. The molecule has 1 aromatic rings. The number of hydrogen-bond acceptors (Lipinski definition) is 4.